The number of para-hydroxylation sites is 1. The molecule has 1 aromatic carbocycles. The van der Waals surface area contributed by atoms with Crippen LogP contribution in [-0.2, 0) is 24.2 Å². The number of nitrogens with one attached hydrogen (secondary N) is 1. The zero-order valence-electron chi connectivity index (χ0n) is 20.0. The zero-order chi connectivity index (χ0) is 24.9. The summed E-state index contributed by atoms with van der Waals surface area (Å²) in [7, 11) is 0. The third kappa shape index (κ3) is 5.66. The molecular weight excluding hydrogens is 502 g/mol. The van der Waals surface area contributed by atoms with Gasteiger partial charge in [-0.25, -0.2) is 0 Å². The highest BCUT2D eigenvalue weighted by Crippen LogP contribution is 2.40. The molecule has 0 saturated heterocycles. The van der Waals surface area contributed by atoms with Crippen LogP contribution in [0.25, 0.3) is 0 Å². The molecule has 35 heavy (non-hydrogen) atoms. The molecule has 0 fully saturated rings. The average molecular weight is 530 g/mol. The quantitative estimate of drug-likeness (QED) is 0.328. The van der Waals surface area contributed by atoms with Crippen LogP contribution in [0.2, 0.25) is 5.02 Å². The number of halogens is 1. The van der Waals surface area contributed by atoms with Gasteiger partial charge in [-0.2, -0.15) is 5.26 Å². The highest BCUT2D eigenvalue weighted by atomic mass is 35.5. The number of carbonyl (C=O) groups excluding carboxylic acids is 1. The number of ether oxygens (including phenoxy) is 1. The Morgan fingerprint density at radius 2 is 2.20 bits per heavy atom. The molecule has 0 spiro atoms. The lowest BCUT2D eigenvalue weighted by Crippen LogP contribution is -2.15. The van der Waals surface area contributed by atoms with Gasteiger partial charge in [0, 0.05) is 11.4 Å². The number of thiophene rings is 1. The smallest absolute Gasteiger partial charge is 0.235 e. The molecular formula is C25H28ClN5O2S2. The Hall–Kier alpha value is -2.54. The van der Waals surface area contributed by atoms with Gasteiger partial charge in [0.25, 0.3) is 0 Å². The Morgan fingerprint density at radius 3 is 2.91 bits per heavy atom. The Bertz CT molecular complexity index is 1250. The molecule has 2 aromatic heterocycles. The number of benzene rings is 1. The van der Waals surface area contributed by atoms with Crippen molar-refractivity contribution < 1.29 is 9.53 Å². The van der Waals surface area contributed by atoms with Crippen LogP contribution < -0.4 is 10.1 Å². The van der Waals surface area contributed by atoms with Gasteiger partial charge in [-0.15, -0.1) is 21.5 Å². The fraction of sp³-hybridized carbons (Fsp3) is 0.440. The van der Waals surface area contributed by atoms with E-state index >= 15 is 0 Å². The second-order valence-electron chi connectivity index (χ2n) is 8.45. The molecule has 4 rings (SSSR count). The first kappa shape index (κ1) is 25.5. The van der Waals surface area contributed by atoms with Gasteiger partial charge in [-0.1, -0.05) is 48.8 Å². The van der Waals surface area contributed by atoms with Crippen molar-refractivity contribution in [1.29, 1.82) is 5.26 Å². The van der Waals surface area contributed by atoms with Crippen molar-refractivity contribution in [2.24, 2.45) is 5.92 Å². The standard InChI is InChI=1S/C25H28ClN5O2S2/c1-4-16-10-11-17-18(13-27)24(35-21(17)12-16)28-22(32)14-34-25-30-29-23(31(25)5-2)15(3)33-20-9-7-6-8-19(20)26/h6-9,15-16H,4-5,10-12,14H2,1-3H3,(H,28,32). The van der Waals surface area contributed by atoms with Gasteiger partial charge in [-0.05, 0) is 56.7 Å². The second-order valence-corrected chi connectivity index (χ2v) is 10.9. The summed E-state index contributed by atoms with van der Waals surface area (Å²) < 4.78 is 7.94. The number of aromatic nitrogens is 3. The van der Waals surface area contributed by atoms with Gasteiger partial charge >= 0.3 is 0 Å². The molecule has 2 heterocycles. The van der Waals surface area contributed by atoms with E-state index in [1.54, 1.807) is 17.4 Å². The highest BCUT2D eigenvalue weighted by molar-refractivity contribution is 7.99. The highest BCUT2D eigenvalue weighted by Gasteiger charge is 2.26. The summed E-state index contributed by atoms with van der Waals surface area (Å²) in [6.45, 7) is 6.74. The number of amides is 1. The number of anilines is 1. The van der Waals surface area contributed by atoms with Crippen LogP contribution >= 0.6 is 34.7 Å². The molecule has 1 amide bonds. The molecule has 1 N–H and O–H groups in total. The number of thioether (sulfide) groups is 1. The van der Waals surface area contributed by atoms with Gasteiger partial charge in [0.05, 0.1) is 16.3 Å². The number of nitrogens with zero attached hydrogens (tertiary/aromatic N) is 4. The molecule has 0 aliphatic heterocycles. The predicted molar refractivity (Wildman–Crippen MR) is 140 cm³/mol. The van der Waals surface area contributed by atoms with Crippen LogP contribution in [0, 0.1) is 17.2 Å². The Kier molecular flexibility index (Phi) is 8.37. The van der Waals surface area contributed by atoms with Crippen LogP contribution in [0.3, 0.4) is 0 Å². The first-order valence-corrected chi connectivity index (χ1v) is 13.9. The summed E-state index contributed by atoms with van der Waals surface area (Å²) in [6, 6.07) is 9.61. The number of fused-ring (bicyclic) bond motifs is 1. The van der Waals surface area contributed by atoms with Crippen molar-refractivity contribution in [2.45, 2.75) is 64.3 Å². The van der Waals surface area contributed by atoms with E-state index in [1.165, 1.54) is 16.6 Å². The van der Waals surface area contributed by atoms with E-state index in [0.717, 1.165) is 31.2 Å². The van der Waals surface area contributed by atoms with Gasteiger partial charge < -0.3 is 14.6 Å². The SMILES string of the molecule is CCC1CCc2c(sc(NC(=O)CSc3nnc(C(C)Oc4ccccc4Cl)n3CC)c2C#N)C1. The third-order valence-electron chi connectivity index (χ3n) is 6.21. The van der Waals surface area contributed by atoms with Crippen LogP contribution in [0.15, 0.2) is 29.4 Å². The van der Waals surface area contributed by atoms with Gasteiger partial charge in [0.2, 0.25) is 5.91 Å². The van der Waals surface area contributed by atoms with Gasteiger partial charge in [0.1, 0.15) is 16.8 Å². The van der Waals surface area contributed by atoms with Gasteiger partial charge in [-0.3, -0.25) is 4.79 Å². The van der Waals surface area contributed by atoms with Crippen molar-refractivity contribution in [3.05, 3.63) is 51.1 Å². The maximum atomic E-state index is 12.8. The summed E-state index contributed by atoms with van der Waals surface area (Å²) >= 11 is 9.08. The van der Waals surface area contributed by atoms with E-state index in [1.807, 2.05) is 36.6 Å². The van der Waals surface area contributed by atoms with E-state index in [9.17, 15) is 10.1 Å². The fourth-order valence-electron chi connectivity index (χ4n) is 4.29. The van der Waals surface area contributed by atoms with E-state index < -0.39 is 0 Å². The van der Waals surface area contributed by atoms with E-state index in [2.05, 4.69) is 28.5 Å². The van der Waals surface area contributed by atoms with Gasteiger partial charge in [0.15, 0.2) is 17.1 Å². The van der Waals surface area contributed by atoms with Crippen LogP contribution in [0.4, 0.5) is 5.00 Å². The molecule has 184 valence electrons. The molecule has 7 nitrogen and oxygen atoms in total. The first-order valence-electron chi connectivity index (χ1n) is 11.8. The first-order chi connectivity index (χ1) is 16.9. The average Bonchev–Trinajstić information content (AvgIpc) is 3.43. The number of hydrogen-bond acceptors (Lipinski definition) is 7. The molecule has 0 radical (unpaired) electrons. The Balaban J connectivity index is 1.41. The number of rotatable bonds is 9. The van der Waals surface area contributed by atoms with Crippen molar-refractivity contribution in [1.82, 2.24) is 14.8 Å². The normalized spacial score (nSPS) is 15.8. The summed E-state index contributed by atoms with van der Waals surface area (Å²) in [6.07, 6.45) is 3.78. The fourth-order valence-corrected chi connectivity index (χ4v) is 6.61. The monoisotopic (exact) mass is 529 g/mol. The largest absolute Gasteiger partial charge is 0.481 e. The molecule has 2 unspecified atom stereocenters. The predicted octanol–water partition coefficient (Wildman–Crippen LogP) is 6.27. The van der Waals surface area contributed by atoms with E-state index in [4.69, 9.17) is 16.3 Å². The Morgan fingerprint density at radius 1 is 1.40 bits per heavy atom. The van der Waals surface area contributed by atoms with E-state index in [-0.39, 0.29) is 17.8 Å². The minimum Gasteiger partial charge on any atom is -0.481 e. The molecule has 3 aromatic rings. The molecule has 1 aliphatic carbocycles. The lowest BCUT2D eigenvalue weighted by molar-refractivity contribution is -0.113. The number of hydrogen-bond donors (Lipinski definition) is 1. The summed E-state index contributed by atoms with van der Waals surface area (Å²) in [5.74, 6) is 1.91. The third-order valence-corrected chi connectivity index (χ3v) is 8.66. The summed E-state index contributed by atoms with van der Waals surface area (Å²) in [5.41, 5.74) is 1.75. The zero-order valence-corrected chi connectivity index (χ0v) is 22.4. The minimum absolute atomic E-state index is 0.162. The van der Waals surface area contributed by atoms with Crippen LogP contribution in [-0.4, -0.2) is 26.4 Å². The maximum Gasteiger partial charge on any atom is 0.235 e. The van der Waals surface area contributed by atoms with Crippen molar-refractivity contribution in [2.75, 3.05) is 11.1 Å². The van der Waals surface area contributed by atoms with Crippen molar-refractivity contribution >= 4 is 45.6 Å². The summed E-state index contributed by atoms with van der Waals surface area (Å²) in [4.78, 5) is 14.0. The molecule has 0 bridgehead atoms. The van der Waals surface area contributed by atoms with E-state index in [0.29, 0.717) is 44.8 Å². The molecule has 2 atom stereocenters. The second kappa shape index (κ2) is 11.5. The topological polar surface area (TPSA) is 92.8 Å². The van der Waals surface area contributed by atoms with Crippen molar-refractivity contribution in [3.8, 4) is 11.8 Å². The number of nitriles is 1. The summed E-state index contributed by atoms with van der Waals surface area (Å²) in [5, 5.41) is 23.1. The lowest BCUT2D eigenvalue weighted by atomic mass is 9.86. The Labute approximate surface area is 218 Å². The minimum atomic E-state index is -0.368. The van der Waals surface area contributed by atoms with Crippen molar-refractivity contribution in [3.63, 3.8) is 0 Å². The van der Waals surface area contributed by atoms with Crippen LogP contribution in [0.5, 0.6) is 5.75 Å². The molecule has 0 saturated carbocycles. The van der Waals surface area contributed by atoms with Crippen LogP contribution in [0.1, 0.15) is 61.5 Å². The molecule has 10 heteroatoms. The number of carbonyl (C=O) groups is 1. The maximum absolute atomic E-state index is 12.8. The molecule has 1 aliphatic rings. The lowest BCUT2D eigenvalue weighted by Gasteiger charge is -2.20.